The van der Waals surface area contributed by atoms with E-state index in [9.17, 15) is 5.26 Å². The van der Waals surface area contributed by atoms with Crippen molar-refractivity contribution in [3.05, 3.63) is 65.7 Å². The van der Waals surface area contributed by atoms with Gasteiger partial charge in [-0.1, -0.05) is 68.1 Å². The highest BCUT2D eigenvalue weighted by molar-refractivity contribution is 7.99. The molecule has 1 heterocycles. The molecule has 0 spiro atoms. The maximum atomic E-state index is 9.95. The molecular formula is C24H25N7S2. The van der Waals surface area contributed by atoms with Crippen LogP contribution in [-0.4, -0.2) is 26.5 Å². The van der Waals surface area contributed by atoms with Gasteiger partial charge in [0.2, 0.25) is 0 Å². The number of aromatic nitrogens is 2. The third kappa shape index (κ3) is 6.75. The van der Waals surface area contributed by atoms with Crippen molar-refractivity contribution < 1.29 is 0 Å². The molecule has 0 aliphatic rings. The monoisotopic (exact) mass is 475 g/mol. The molecule has 2 aromatic carbocycles. The van der Waals surface area contributed by atoms with Gasteiger partial charge in [-0.25, -0.2) is 9.97 Å². The summed E-state index contributed by atoms with van der Waals surface area (Å²) in [6.45, 7) is 6.16. The Hall–Kier alpha value is -3.48. The molecule has 0 saturated carbocycles. The van der Waals surface area contributed by atoms with E-state index in [0.29, 0.717) is 28.1 Å². The number of nitrogens with zero attached hydrogens (tertiary/aromatic N) is 4. The summed E-state index contributed by atoms with van der Waals surface area (Å²) in [6, 6.07) is 19.6. The molecule has 33 heavy (non-hydrogen) atoms. The topological polar surface area (TPSA) is 112 Å². The smallest absolute Gasteiger partial charge is 0.190 e. The molecule has 9 heteroatoms. The summed E-state index contributed by atoms with van der Waals surface area (Å²) in [4.78, 5) is 9.37. The lowest BCUT2D eigenvalue weighted by Crippen LogP contribution is -2.25. The number of thiocarbonyl (C=S) groups is 1. The minimum Gasteiger partial charge on any atom is -0.375 e. The predicted octanol–water partition coefficient (Wildman–Crippen LogP) is 5.06. The highest BCUT2D eigenvalue weighted by atomic mass is 32.2. The van der Waals surface area contributed by atoms with Gasteiger partial charge in [0.15, 0.2) is 16.1 Å². The zero-order valence-electron chi connectivity index (χ0n) is 18.7. The first-order chi connectivity index (χ1) is 15.9. The number of thioether (sulfide) groups is 1. The minimum atomic E-state index is 0.112. The summed E-state index contributed by atoms with van der Waals surface area (Å²) < 4.78 is 0. The SMILES string of the molecule is C/C(=N/NC(N)=S)c1ccc(Nc2nc(SCC(C)C)nc(-c3ccccc3)c2C#N)cc1. The Morgan fingerprint density at radius 1 is 1.15 bits per heavy atom. The van der Waals surface area contributed by atoms with Crippen molar-refractivity contribution in [2.45, 2.75) is 25.9 Å². The first-order valence-corrected chi connectivity index (χ1v) is 11.7. The number of hydrogen-bond acceptors (Lipinski definition) is 7. The van der Waals surface area contributed by atoms with Crippen molar-refractivity contribution in [1.29, 1.82) is 5.26 Å². The Labute approximate surface area is 203 Å². The van der Waals surface area contributed by atoms with Crippen LogP contribution in [0.25, 0.3) is 11.3 Å². The van der Waals surface area contributed by atoms with E-state index < -0.39 is 0 Å². The zero-order valence-corrected chi connectivity index (χ0v) is 20.3. The van der Waals surface area contributed by atoms with Crippen molar-refractivity contribution >= 4 is 46.3 Å². The Morgan fingerprint density at radius 3 is 2.45 bits per heavy atom. The van der Waals surface area contributed by atoms with E-state index in [1.165, 1.54) is 0 Å². The lowest BCUT2D eigenvalue weighted by atomic mass is 10.1. The van der Waals surface area contributed by atoms with E-state index in [0.717, 1.165) is 28.3 Å². The van der Waals surface area contributed by atoms with Gasteiger partial charge in [0.1, 0.15) is 11.6 Å². The molecule has 0 amide bonds. The first kappa shape index (κ1) is 24.2. The molecule has 0 aliphatic heterocycles. The average Bonchev–Trinajstić information content (AvgIpc) is 2.82. The Bertz CT molecular complexity index is 1180. The summed E-state index contributed by atoms with van der Waals surface area (Å²) in [5.74, 6) is 1.85. The van der Waals surface area contributed by atoms with Crippen molar-refractivity contribution in [2.75, 3.05) is 11.1 Å². The molecule has 0 fully saturated rings. The van der Waals surface area contributed by atoms with Crippen LogP contribution in [0.4, 0.5) is 11.5 Å². The summed E-state index contributed by atoms with van der Waals surface area (Å²) >= 11 is 6.36. The quantitative estimate of drug-likeness (QED) is 0.136. The van der Waals surface area contributed by atoms with Crippen molar-refractivity contribution in [2.24, 2.45) is 16.8 Å². The lowest BCUT2D eigenvalue weighted by molar-refractivity contribution is 0.748. The number of rotatable bonds is 8. The Kier molecular flexibility index (Phi) is 8.35. The largest absolute Gasteiger partial charge is 0.375 e. The molecule has 0 radical (unpaired) electrons. The van der Waals surface area contributed by atoms with Crippen molar-refractivity contribution in [3.63, 3.8) is 0 Å². The van der Waals surface area contributed by atoms with Crippen LogP contribution >= 0.6 is 24.0 Å². The fourth-order valence-corrected chi connectivity index (χ4v) is 3.72. The van der Waals surface area contributed by atoms with Gasteiger partial charge in [-0.05, 0) is 42.8 Å². The molecule has 168 valence electrons. The standard InChI is InChI=1S/C24H25N7S2/c1-15(2)14-33-24-28-21(18-7-5-4-6-8-18)20(13-25)22(29-24)27-19-11-9-17(10-12-19)16(3)30-31-23(26)32/h4-12,15H,14H2,1-3H3,(H3,26,31,32)(H,27,28,29)/b30-16-. The Morgan fingerprint density at radius 2 is 1.85 bits per heavy atom. The number of hydrogen-bond donors (Lipinski definition) is 3. The van der Waals surface area contributed by atoms with Gasteiger partial charge >= 0.3 is 0 Å². The fraction of sp³-hybridized carbons (Fsp3) is 0.208. The highest BCUT2D eigenvalue weighted by Gasteiger charge is 2.17. The van der Waals surface area contributed by atoms with Gasteiger partial charge in [0, 0.05) is 17.0 Å². The van der Waals surface area contributed by atoms with Crippen LogP contribution in [0.2, 0.25) is 0 Å². The van der Waals surface area contributed by atoms with E-state index in [4.69, 9.17) is 22.9 Å². The number of anilines is 2. The number of nitrogens with one attached hydrogen (secondary N) is 2. The van der Waals surface area contributed by atoms with E-state index in [2.05, 4.69) is 40.7 Å². The molecule has 4 N–H and O–H groups in total. The normalized spacial score (nSPS) is 11.2. The van der Waals surface area contributed by atoms with E-state index >= 15 is 0 Å². The van der Waals surface area contributed by atoms with Gasteiger partial charge < -0.3 is 11.1 Å². The number of nitriles is 1. The highest BCUT2D eigenvalue weighted by Crippen LogP contribution is 2.31. The minimum absolute atomic E-state index is 0.112. The van der Waals surface area contributed by atoms with Gasteiger partial charge in [0.05, 0.1) is 11.4 Å². The average molecular weight is 476 g/mol. The third-order valence-corrected chi connectivity index (χ3v) is 5.86. The van der Waals surface area contributed by atoms with Crippen LogP contribution in [0.3, 0.4) is 0 Å². The summed E-state index contributed by atoms with van der Waals surface area (Å²) in [5.41, 5.74) is 12.3. The molecule has 7 nitrogen and oxygen atoms in total. The first-order valence-electron chi connectivity index (χ1n) is 10.3. The summed E-state index contributed by atoms with van der Waals surface area (Å²) in [7, 11) is 0. The summed E-state index contributed by atoms with van der Waals surface area (Å²) in [5, 5.41) is 18.1. The van der Waals surface area contributed by atoms with E-state index in [1.54, 1.807) is 11.8 Å². The van der Waals surface area contributed by atoms with E-state index in [1.807, 2.05) is 61.5 Å². The second kappa shape index (κ2) is 11.4. The number of benzene rings is 2. The maximum Gasteiger partial charge on any atom is 0.190 e. The molecular weight excluding hydrogens is 450 g/mol. The van der Waals surface area contributed by atoms with E-state index in [-0.39, 0.29) is 5.11 Å². The molecule has 0 aliphatic carbocycles. The predicted molar refractivity (Wildman–Crippen MR) is 140 cm³/mol. The van der Waals surface area contributed by atoms with Crippen molar-refractivity contribution in [3.8, 4) is 17.3 Å². The summed E-state index contributed by atoms with van der Waals surface area (Å²) in [6.07, 6.45) is 0. The van der Waals surface area contributed by atoms with Crippen LogP contribution < -0.4 is 16.5 Å². The zero-order chi connectivity index (χ0) is 23.8. The van der Waals surface area contributed by atoms with Gasteiger partial charge in [0.25, 0.3) is 0 Å². The molecule has 1 aromatic heterocycles. The second-order valence-electron chi connectivity index (χ2n) is 7.64. The van der Waals surface area contributed by atoms with Gasteiger partial charge in [-0.15, -0.1) is 0 Å². The number of nitrogens with two attached hydrogens (primary N) is 1. The molecule has 0 unspecified atom stereocenters. The second-order valence-corrected chi connectivity index (χ2v) is 9.06. The number of hydrazone groups is 1. The van der Waals surface area contributed by atoms with Gasteiger partial charge in [-0.2, -0.15) is 10.4 Å². The molecule has 3 aromatic rings. The molecule has 0 atom stereocenters. The molecule has 0 bridgehead atoms. The van der Waals surface area contributed by atoms with Crippen LogP contribution in [0.1, 0.15) is 31.9 Å². The van der Waals surface area contributed by atoms with Gasteiger partial charge in [-0.3, -0.25) is 5.43 Å². The molecule has 0 saturated heterocycles. The fourth-order valence-electron chi connectivity index (χ4n) is 2.88. The van der Waals surface area contributed by atoms with Crippen LogP contribution in [0.5, 0.6) is 0 Å². The molecule has 3 rings (SSSR count). The Balaban J connectivity index is 1.96. The van der Waals surface area contributed by atoms with Crippen LogP contribution in [0.15, 0.2) is 64.9 Å². The third-order valence-electron chi connectivity index (χ3n) is 4.49. The van der Waals surface area contributed by atoms with Crippen molar-refractivity contribution in [1.82, 2.24) is 15.4 Å². The van der Waals surface area contributed by atoms with Crippen LogP contribution in [-0.2, 0) is 0 Å². The lowest BCUT2D eigenvalue weighted by Gasteiger charge is -2.14. The maximum absolute atomic E-state index is 9.95. The van der Waals surface area contributed by atoms with Crippen LogP contribution in [0, 0.1) is 17.2 Å².